The average molecular weight is 391 g/mol. The molecule has 156 valence electrons. The number of amides is 2. The minimum absolute atomic E-state index is 0.00129. The normalized spacial score (nSPS) is 15.8. The van der Waals surface area contributed by atoms with Crippen molar-refractivity contribution in [2.75, 3.05) is 32.8 Å². The van der Waals surface area contributed by atoms with Crippen LogP contribution >= 0.6 is 0 Å². The van der Waals surface area contributed by atoms with Gasteiger partial charge in [0.25, 0.3) is 5.91 Å². The van der Waals surface area contributed by atoms with Crippen LogP contribution in [0.5, 0.6) is 5.75 Å². The molecule has 28 heavy (non-hydrogen) atoms. The second kappa shape index (κ2) is 8.84. The first kappa shape index (κ1) is 22.1. The number of hydrogen-bond donors (Lipinski definition) is 0. The Labute approximate surface area is 168 Å². The molecule has 0 saturated carbocycles. The van der Waals surface area contributed by atoms with E-state index >= 15 is 0 Å². The molecule has 1 aliphatic rings. The zero-order valence-corrected chi connectivity index (χ0v) is 18.1. The Morgan fingerprint density at radius 2 is 1.46 bits per heavy atom. The molecule has 0 aromatic heterocycles. The molecule has 0 aliphatic carbocycles. The van der Waals surface area contributed by atoms with Crippen molar-refractivity contribution in [1.82, 2.24) is 9.80 Å². The lowest BCUT2D eigenvalue weighted by atomic mass is 9.87. The van der Waals surface area contributed by atoms with Crippen LogP contribution < -0.4 is 4.74 Å². The summed E-state index contributed by atoms with van der Waals surface area (Å²) < 4.78 is 11.1. The van der Waals surface area contributed by atoms with Gasteiger partial charge in [-0.1, -0.05) is 32.9 Å². The first-order valence-electron chi connectivity index (χ1n) is 9.95. The zero-order chi connectivity index (χ0) is 20.9. The van der Waals surface area contributed by atoms with Crippen LogP contribution in [0.1, 0.15) is 53.5 Å². The van der Waals surface area contributed by atoms with E-state index in [0.717, 1.165) is 6.42 Å². The van der Waals surface area contributed by atoms with Crippen LogP contribution in [0.3, 0.4) is 0 Å². The molecule has 1 aliphatic heterocycles. The van der Waals surface area contributed by atoms with Crippen molar-refractivity contribution < 1.29 is 19.1 Å². The molecule has 2 amide bonds. The number of hydrogen-bond acceptors (Lipinski definition) is 4. The predicted octanol–water partition coefficient (Wildman–Crippen LogP) is 3.83. The Morgan fingerprint density at radius 1 is 0.893 bits per heavy atom. The van der Waals surface area contributed by atoms with Crippen LogP contribution in [0.25, 0.3) is 0 Å². The third kappa shape index (κ3) is 6.73. The maximum atomic E-state index is 12.5. The first-order chi connectivity index (χ1) is 13.0. The van der Waals surface area contributed by atoms with Gasteiger partial charge in [0.05, 0.1) is 0 Å². The monoisotopic (exact) mass is 390 g/mol. The molecule has 1 aromatic carbocycles. The van der Waals surface area contributed by atoms with Gasteiger partial charge in [-0.2, -0.15) is 0 Å². The lowest BCUT2D eigenvalue weighted by Gasteiger charge is -2.26. The van der Waals surface area contributed by atoms with E-state index in [1.807, 2.05) is 45.0 Å². The number of benzene rings is 1. The third-order valence-electron chi connectivity index (χ3n) is 4.58. The number of nitrogens with zero attached hydrogens (tertiary/aromatic N) is 2. The van der Waals surface area contributed by atoms with Crippen LogP contribution in [-0.4, -0.2) is 60.2 Å². The molecule has 6 nitrogen and oxygen atoms in total. The van der Waals surface area contributed by atoms with Gasteiger partial charge in [0, 0.05) is 26.2 Å². The van der Waals surface area contributed by atoms with Crippen molar-refractivity contribution in [1.29, 1.82) is 0 Å². The highest BCUT2D eigenvalue weighted by Crippen LogP contribution is 2.24. The molecule has 1 saturated heterocycles. The van der Waals surface area contributed by atoms with Gasteiger partial charge >= 0.3 is 6.09 Å². The summed E-state index contributed by atoms with van der Waals surface area (Å²) in [6, 6.07) is 7.87. The summed E-state index contributed by atoms with van der Waals surface area (Å²) in [6.45, 7) is 14.2. The molecule has 0 spiro atoms. The van der Waals surface area contributed by atoms with Gasteiger partial charge in [0.2, 0.25) is 0 Å². The summed E-state index contributed by atoms with van der Waals surface area (Å²) in [5.74, 6) is 0.623. The van der Waals surface area contributed by atoms with Gasteiger partial charge < -0.3 is 19.3 Å². The molecule has 0 atom stereocenters. The van der Waals surface area contributed by atoms with Crippen LogP contribution in [0, 0.1) is 0 Å². The van der Waals surface area contributed by atoms with Crippen molar-refractivity contribution in [2.45, 2.75) is 59.0 Å². The summed E-state index contributed by atoms with van der Waals surface area (Å²) in [4.78, 5) is 28.2. The van der Waals surface area contributed by atoms with E-state index in [-0.39, 0.29) is 24.0 Å². The number of ether oxygens (including phenoxy) is 2. The molecule has 1 aromatic rings. The van der Waals surface area contributed by atoms with Crippen molar-refractivity contribution in [3.8, 4) is 5.75 Å². The molecular formula is C22H34N2O4. The number of carbonyl (C=O) groups excluding carboxylic acids is 2. The van der Waals surface area contributed by atoms with E-state index in [2.05, 4.69) is 20.8 Å². The van der Waals surface area contributed by atoms with Crippen LogP contribution in [0.15, 0.2) is 24.3 Å². The minimum atomic E-state index is -0.519. The molecule has 2 rings (SSSR count). The molecular weight excluding hydrogens is 356 g/mol. The highest BCUT2D eigenvalue weighted by Gasteiger charge is 2.26. The van der Waals surface area contributed by atoms with Gasteiger partial charge in [0.1, 0.15) is 11.4 Å². The maximum Gasteiger partial charge on any atom is 0.410 e. The Kier molecular flexibility index (Phi) is 6.96. The van der Waals surface area contributed by atoms with E-state index < -0.39 is 5.60 Å². The third-order valence-corrected chi connectivity index (χ3v) is 4.58. The Balaban J connectivity index is 1.84. The average Bonchev–Trinajstić information content (AvgIpc) is 2.84. The topological polar surface area (TPSA) is 59.1 Å². The SMILES string of the molecule is CC(C)(C)OC(=O)N1CCCN(C(=O)COc2ccc(C(C)(C)C)cc2)CC1. The van der Waals surface area contributed by atoms with Crippen LogP contribution in [-0.2, 0) is 14.9 Å². The number of rotatable bonds is 3. The van der Waals surface area contributed by atoms with E-state index in [9.17, 15) is 9.59 Å². The highest BCUT2D eigenvalue weighted by molar-refractivity contribution is 5.78. The largest absolute Gasteiger partial charge is 0.484 e. The fourth-order valence-corrected chi connectivity index (χ4v) is 2.96. The minimum Gasteiger partial charge on any atom is -0.484 e. The molecule has 0 radical (unpaired) electrons. The second-order valence-electron chi connectivity index (χ2n) is 9.26. The molecule has 0 bridgehead atoms. The van der Waals surface area contributed by atoms with Gasteiger partial charge in [-0.3, -0.25) is 4.79 Å². The number of carbonyl (C=O) groups is 2. The summed E-state index contributed by atoms with van der Waals surface area (Å²) in [7, 11) is 0. The summed E-state index contributed by atoms with van der Waals surface area (Å²) in [6.07, 6.45) is 0.405. The highest BCUT2D eigenvalue weighted by atomic mass is 16.6. The summed E-state index contributed by atoms with van der Waals surface area (Å²) in [5, 5.41) is 0. The lowest BCUT2D eigenvalue weighted by Crippen LogP contribution is -2.41. The van der Waals surface area contributed by atoms with Gasteiger partial charge in [-0.05, 0) is 50.3 Å². The lowest BCUT2D eigenvalue weighted by molar-refractivity contribution is -0.133. The van der Waals surface area contributed by atoms with Gasteiger partial charge in [0.15, 0.2) is 6.61 Å². The van der Waals surface area contributed by atoms with Crippen molar-refractivity contribution in [3.05, 3.63) is 29.8 Å². The van der Waals surface area contributed by atoms with E-state index in [4.69, 9.17) is 9.47 Å². The Bertz CT molecular complexity index is 671. The fourth-order valence-electron chi connectivity index (χ4n) is 2.96. The summed E-state index contributed by atoms with van der Waals surface area (Å²) >= 11 is 0. The first-order valence-corrected chi connectivity index (χ1v) is 9.95. The van der Waals surface area contributed by atoms with Crippen molar-refractivity contribution in [2.24, 2.45) is 0 Å². The van der Waals surface area contributed by atoms with Crippen molar-refractivity contribution >= 4 is 12.0 Å². The molecule has 0 unspecified atom stereocenters. The van der Waals surface area contributed by atoms with Gasteiger partial charge in [-0.25, -0.2) is 4.79 Å². The van der Waals surface area contributed by atoms with E-state index in [0.29, 0.717) is 31.9 Å². The van der Waals surface area contributed by atoms with Gasteiger partial charge in [-0.15, -0.1) is 0 Å². The molecule has 1 heterocycles. The maximum absolute atomic E-state index is 12.5. The molecule has 0 N–H and O–H groups in total. The van der Waals surface area contributed by atoms with Crippen LogP contribution in [0.2, 0.25) is 0 Å². The van der Waals surface area contributed by atoms with E-state index in [1.54, 1.807) is 9.80 Å². The zero-order valence-electron chi connectivity index (χ0n) is 18.1. The van der Waals surface area contributed by atoms with Crippen LogP contribution in [0.4, 0.5) is 4.79 Å². The predicted molar refractivity (Wildman–Crippen MR) is 110 cm³/mol. The fraction of sp³-hybridized carbons (Fsp3) is 0.636. The smallest absolute Gasteiger partial charge is 0.410 e. The Morgan fingerprint density at radius 3 is 2.04 bits per heavy atom. The second-order valence-corrected chi connectivity index (χ2v) is 9.26. The van der Waals surface area contributed by atoms with E-state index in [1.165, 1.54) is 5.56 Å². The quantitative estimate of drug-likeness (QED) is 0.787. The summed E-state index contributed by atoms with van der Waals surface area (Å²) in [5.41, 5.74) is 0.788. The molecule has 6 heteroatoms. The van der Waals surface area contributed by atoms with Crippen molar-refractivity contribution in [3.63, 3.8) is 0 Å². The molecule has 1 fully saturated rings. The Hall–Kier alpha value is -2.24. The standard InChI is InChI=1S/C22H34N2O4/c1-21(2,3)17-8-10-18(11-9-17)27-16-19(25)23-12-7-13-24(15-14-23)20(26)28-22(4,5)6/h8-11H,7,12-16H2,1-6H3.